The number of thiazole rings is 1. The van der Waals surface area contributed by atoms with Crippen molar-refractivity contribution in [1.82, 2.24) is 4.57 Å². The number of nitro benzene ring substituents is 1. The number of unbranched alkanes of at least 4 members (excludes halogenated alkanes) is 1. The third-order valence-corrected chi connectivity index (χ3v) is 6.77. The first-order valence-corrected chi connectivity index (χ1v) is 12.4. The number of para-hydroxylation sites is 1. The highest BCUT2D eigenvalue weighted by Crippen LogP contribution is 2.29. The van der Waals surface area contributed by atoms with Gasteiger partial charge in [0, 0.05) is 29.6 Å². The summed E-state index contributed by atoms with van der Waals surface area (Å²) in [4.78, 5) is 17.0. The molecule has 0 saturated heterocycles. The fourth-order valence-corrected chi connectivity index (χ4v) is 4.89. The van der Waals surface area contributed by atoms with Gasteiger partial charge in [-0.05, 0) is 29.9 Å². The van der Waals surface area contributed by atoms with Crippen molar-refractivity contribution in [3.05, 3.63) is 74.4 Å². The lowest BCUT2D eigenvalue weighted by Gasteiger charge is -2.18. The van der Waals surface area contributed by atoms with E-state index in [2.05, 4.69) is 55.8 Å². The Kier molecular flexibility index (Phi) is 8.39. The van der Waals surface area contributed by atoms with Gasteiger partial charge in [0.2, 0.25) is 0 Å². The average molecular weight is 452 g/mol. The summed E-state index contributed by atoms with van der Waals surface area (Å²) < 4.78 is 2.27. The molecule has 1 aromatic heterocycles. The maximum absolute atomic E-state index is 11.3. The number of non-ortho nitro benzene ring substituents is 1. The molecule has 0 aliphatic rings. The molecule has 0 aliphatic carbocycles. The number of hydrogen-bond donors (Lipinski definition) is 0. The Balaban J connectivity index is 2.14. The van der Waals surface area contributed by atoms with Crippen LogP contribution in [-0.4, -0.2) is 9.49 Å². The van der Waals surface area contributed by atoms with Crippen LogP contribution in [0.4, 0.5) is 11.4 Å². The second-order valence-electron chi connectivity index (χ2n) is 8.56. The van der Waals surface area contributed by atoms with E-state index in [-0.39, 0.29) is 10.6 Å². The van der Waals surface area contributed by atoms with E-state index >= 15 is 0 Å². The summed E-state index contributed by atoms with van der Waals surface area (Å²) in [6.07, 6.45) is 4.66. The predicted octanol–water partition coefficient (Wildman–Crippen LogP) is 7.70. The standard InChI is InChI=1S/C26H33N3O2S/c1-5-7-11-20(6-2)17-28-25(21-12-10-13-22(16-21)29(30)31)18-32-26(28)27-24-15-9-8-14-23(24)19(3)4/h8-10,12-16,18-20H,5-7,11,17H2,1-4H3. The quantitative estimate of drug-likeness (QED) is 0.234. The van der Waals surface area contributed by atoms with Gasteiger partial charge in [-0.15, -0.1) is 11.3 Å². The molecule has 170 valence electrons. The lowest BCUT2D eigenvalue weighted by Crippen LogP contribution is -2.21. The van der Waals surface area contributed by atoms with E-state index in [0.29, 0.717) is 11.8 Å². The van der Waals surface area contributed by atoms with Crippen LogP contribution in [0.25, 0.3) is 11.3 Å². The van der Waals surface area contributed by atoms with Gasteiger partial charge in [-0.1, -0.05) is 77.3 Å². The number of hydrogen-bond acceptors (Lipinski definition) is 4. The third-order valence-electron chi connectivity index (χ3n) is 5.91. The molecular formula is C26H33N3O2S. The van der Waals surface area contributed by atoms with Gasteiger partial charge in [-0.25, -0.2) is 4.99 Å². The van der Waals surface area contributed by atoms with Gasteiger partial charge in [0.05, 0.1) is 16.3 Å². The molecule has 1 unspecified atom stereocenters. The normalized spacial score (nSPS) is 13.0. The fraction of sp³-hybridized carbons (Fsp3) is 0.423. The minimum absolute atomic E-state index is 0.113. The number of nitro groups is 1. The van der Waals surface area contributed by atoms with Crippen LogP contribution in [0.3, 0.4) is 0 Å². The lowest BCUT2D eigenvalue weighted by atomic mass is 9.99. The van der Waals surface area contributed by atoms with E-state index in [1.807, 2.05) is 12.1 Å². The molecule has 0 fully saturated rings. The van der Waals surface area contributed by atoms with Crippen LogP contribution in [0.5, 0.6) is 0 Å². The Labute approximate surface area is 194 Å². The Morgan fingerprint density at radius 2 is 1.91 bits per heavy atom. The Hall–Kier alpha value is -2.73. The van der Waals surface area contributed by atoms with Crippen molar-refractivity contribution in [2.24, 2.45) is 10.9 Å². The monoisotopic (exact) mass is 451 g/mol. The van der Waals surface area contributed by atoms with Gasteiger partial charge in [0.25, 0.3) is 5.69 Å². The topological polar surface area (TPSA) is 60.4 Å². The molecule has 0 aliphatic heterocycles. The molecule has 2 aromatic carbocycles. The number of benzene rings is 2. The Morgan fingerprint density at radius 3 is 2.59 bits per heavy atom. The van der Waals surface area contributed by atoms with E-state index in [1.54, 1.807) is 29.5 Å². The molecule has 0 N–H and O–H groups in total. The van der Waals surface area contributed by atoms with Crippen LogP contribution in [-0.2, 0) is 6.54 Å². The Bertz CT molecular complexity index is 1110. The minimum Gasteiger partial charge on any atom is -0.316 e. The van der Waals surface area contributed by atoms with Gasteiger partial charge in [0.15, 0.2) is 4.80 Å². The van der Waals surface area contributed by atoms with E-state index in [0.717, 1.165) is 34.7 Å². The highest BCUT2D eigenvalue weighted by atomic mass is 32.1. The maximum Gasteiger partial charge on any atom is 0.270 e. The van der Waals surface area contributed by atoms with Crippen molar-refractivity contribution in [2.75, 3.05) is 0 Å². The second kappa shape index (κ2) is 11.2. The van der Waals surface area contributed by atoms with Crippen LogP contribution < -0.4 is 4.80 Å². The largest absolute Gasteiger partial charge is 0.316 e. The van der Waals surface area contributed by atoms with E-state index in [1.165, 1.54) is 24.8 Å². The number of nitrogens with zero attached hydrogens (tertiary/aromatic N) is 3. The van der Waals surface area contributed by atoms with Gasteiger partial charge in [-0.3, -0.25) is 10.1 Å². The number of rotatable bonds is 10. The van der Waals surface area contributed by atoms with Gasteiger partial charge in [0.1, 0.15) is 0 Å². The average Bonchev–Trinajstić information content (AvgIpc) is 3.18. The van der Waals surface area contributed by atoms with Crippen molar-refractivity contribution in [2.45, 2.75) is 65.8 Å². The van der Waals surface area contributed by atoms with E-state index in [9.17, 15) is 10.1 Å². The summed E-state index contributed by atoms with van der Waals surface area (Å²) in [5, 5.41) is 13.4. The van der Waals surface area contributed by atoms with Crippen molar-refractivity contribution in [1.29, 1.82) is 0 Å². The summed E-state index contributed by atoms with van der Waals surface area (Å²) in [6.45, 7) is 9.70. The minimum atomic E-state index is -0.333. The smallest absolute Gasteiger partial charge is 0.270 e. The molecule has 3 aromatic rings. The van der Waals surface area contributed by atoms with Crippen molar-refractivity contribution in [3.8, 4) is 11.3 Å². The summed E-state index contributed by atoms with van der Waals surface area (Å²) in [5.74, 6) is 0.925. The van der Waals surface area contributed by atoms with Crippen LogP contribution in [0.1, 0.15) is 64.9 Å². The van der Waals surface area contributed by atoms with E-state index in [4.69, 9.17) is 4.99 Å². The molecule has 1 atom stereocenters. The van der Waals surface area contributed by atoms with Gasteiger partial charge in [-0.2, -0.15) is 0 Å². The first-order valence-electron chi connectivity index (χ1n) is 11.5. The SMILES string of the molecule is CCCCC(CC)Cn1c(-c2cccc([N+](=O)[O-])c2)csc1=Nc1ccccc1C(C)C. The molecule has 0 radical (unpaired) electrons. The molecule has 5 nitrogen and oxygen atoms in total. The molecule has 3 rings (SSSR count). The predicted molar refractivity (Wildman–Crippen MR) is 133 cm³/mol. The fourth-order valence-electron chi connectivity index (χ4n) is 3.96. The summed E-state index contributed by atoms with van der Waals surface area (Å²) in [5.41, 5.74) is 4.18. The molecular weight excluding hydrogens is 418 g/mol. The van der Waals surface area contributed by atoms with Gasteiger partial charge >= 0.3 is 0 Å². The number of aromatic nitrogens is 1. The third kappa shape index (κ3) is 5.74. The molecule has 0 bridgehead atoms. The first kappa shape index (κ1) is 23.9. The maximum atomic E-state index is 11.3. The van der Waals surface area contributed by atoms with Gasteiger partial charge < -0.3 is 4.57 Å². The zero-order chi connectivity index (χ0) is 23.1. The zero-order valence-electron chi connectivity index (χ0n) is 19.5. The second-order valence-corrected chi connectivity index (χ2v) is 9.40. The Morgan fingerprint density at radius 1 is 1.12 bits per heavy atom. The molecule has 0 saturated carbocycles. The summed E-state index contributed by atoms with van der Waals surface area (Å²) in [6, 6.07) is 15.2. The van der Waals surface area contributed by atoms with Crippen LogP contribution in [0.2, 0.25) is 0 Å². The van der Waals surface area contributed by atoms with Crippen LogP contribution in [0.15, 0.2) is 58.9 Å². The van der Waals surface area contributed by atoms with Crippen LogP contribution >= 0.6 is 11.3 Å². The summed E-state index contributed by atoms with van der Waals surface area (Å²) in [7, 11) is 0. The molecule has 32 heavy (non-hydrogen) atoms. The van der Waals surface area contributed by atoms with Crippen molar-refractivity contribution in [3.63, 3.8) is 0 Å². The zero-order valence-corrected chi connectivity index (χ0v) is 20.3. The highest BCUT2D eigenvalue weighted by Gasteiger charge is 2.16. The molecule has 1 heterocycles. The molecule has 0 spiro atoms. The summed E-state index contributed by atoms with van der Waals surface area (Å²) >= 11 is 1.60. The molecule has 6 heteroatoms. The van der Waals surface area contributed by atoms with Crippen LogP contribution in [0, 0.1) is 16.0 Å². The molecule has 0 amide bonds. The van der Waals surface area contributed by atoms with Crippen molar-refractivity contribution < 1.29 is 4.92 Å². The lowest BCUT2D eigenvalue weighted by molar-refractivity contribution is -0.384. The highest BCUT2D eigenvalue weighted by molar-refractivity contribution is 7.07. The van der Waals surface area contributed by atoms with Crippen molar-refractivity contribution >= 4 is 22.7 Å². The first-order chi connectivity index (χ1) is 15.4. The van der Waals surface area contributed by atoms with E-state index < -0.39 is 0 Å².